The lowest BCUT2D eigenvalue weighted by Gasteiger charge is -2.08. The van der Waals surface area contributed by atoms with Crippen LogP contribution < -0.4 is 5.32 Å². The molecule has 0 aliphatic carbocycles. The molecule has 0 saturated heterocycles. The first kappa shape index (κ1) is 13.5. The van der Waals surface area contributed by atoms with E-state index in [-0.39, 0.29) is 0 Å². The first-order valence-corrected chi connectivity index (χ1v) is 7.71. The third-order valence-corrected chi connectivity index (χ3v) is 4.29. The molecule has 18 heavy (non-hydrogen) atoms. The van der Waals surface area contributed by atoms with Crippen LogP contribution in [0.2, 0.25) is 0 Å². The Kier molecular flexibility index (Phi) is 5.14. The average molecular weight is 322 g/mol. The van der Waals surface area contributed by atoms with Crippen molar-refractivity contribution >= 4 is 33.4 Å². The van der Waals surface area contributed by atoms with Crippen molar-refractivity contribution in [2.24, 2.45) is 0 Å². The van der Waals surface area contributed by atoms with Crippen molar-refractivity contribution in [3.63, 3.8) is 0 Å². The maximum atomic E-state index is 3.53. The zero-order valence-electron chi connectivity index (χ0n) is 10.3. The van der Waals surface area contributed by atoms with Gasteiger partial charge in [-0.3, -0.25) is 0 Å². The van der Waals surface area contributed by atoms with Crippen molar-refractivity contribution in [3.8, 4) is 0 Å². The fourth-order valence-electron chi connectivity index (χ4n) is 1.59. The van der Waals surface area contributed by atoms with Crippen LogP contribution in [-0.2, 0) is 0 Å². The maximum Gasteiger partial charge on any atom is 0.0484 e. The van der Waals surface area contributed by atoms with Gasteiger partial charge >= 0.3 is 0 Å². The van der Waals surface area contributed by atoms with E-state index in [0.717, 1.165) is 22.5 Å². The predicted octanol–water partition coefficient (Wildman–Crippen LogP) is 4.96. The molecule has 0 fully saturated rings. The van der Waals surface area contributed by atoms with E-state index < -0.39 is 0 Å². The van der Waals surface area contributed by atoms with E-state index in [1.54, 1.807) is 0 Å². The van der Waals surface area contributed by atoms with Gasteiger partial charge in [-0.15, -0.1) is 11.8 Å². The second-order valence-corrected chi connectivity index (χ2v) is 6.09. The fraction of sp³-hybridized carbons (Fsp3) is 0.200. The predicted molar refractivity (Wildman–Crippen MR) is 84.5 cm³/mol. The molecule has 0 aromatic heterocycles. The molecule has 0 amide bonds. The summed E-state index contributed by atoms with van der Waals surface area (Å²) in [5.41, 5.74) is 2.47. The van der Waals surface area contributed by atoms with Gasteiger partial charge in [-0.1, -0.05) is 29.8 Å². The molecule has 2 aromatic carbocycles. The normalized spacial score (nSPS) is 10.3. The van der Waals surface area contributed by atoms with Crippen LogP contribution in [0.5, 0.6) is 0 Å². The Morgan fingerprint density at radius 2 is 1.78 bits per heavy atom. The highest BCUT2D eigenvalue weighted by Crippen LogP contribution is 2.22. The van der Waals surface area contributed by atoms with Gasteiger partial charge < -0.3 is 5.32 Å². The zero-order valence-corrected chi connectivity index (χ0v) is 12.7. The molecule has 1 N–H and O–H groups in total. The largest absolute Gasteiger partial charge is 0.383 e. The van der Waals surface area contributed by atoms with Crippen LogP contribution in [0.25, 0.3) is 0 Å². The molecular weight excluding hydrogens is 306 g/mol. The van der Waals surface area contributed by atoms with Crippen molar-refractivity contribution in [2.45, 2.75) is 11.8 Å². The molecule has 0 heterocycles. The Hall–Kier alpha value is -0.930. The summed E-state index contributed by atoms with van der Waals surface area (Å²) in [7, 11) is 0. The smallest absolute Gasteiger partial charge is 0.0484 e. The van der Waals surface area contributed by atoms with Crippen molar-refractivity contribution < 1.29 is 0 Å². The van der Waals surface area contributed by atoms with Crippen LogP contribution in [0.4, 0.5) is 5.69 Å². The minimum atomic E-state index is 0.959. The molecule has 2 rings (SSSR count). The lowest BCUT2D eigenvalue weighted by Crippen LogP contribution is -2.04. The number of halogens is 1. The van der Waals surface area contributed by atoms with E-state index in [4.69, 9.17) is 0 Å². The highest BCUT2D eigenvalue weighted by molar-refractivity contribution is 9.10. The molecule has 0 unspecified atom stereocenters. The third kappa shape index (κ3) is 4.07. The minimum absolute atomic E-state index is 0.959. The first-order valence-electron chi connectivity index (χ1n) is 5.93. The summed E-state index contributed by atoms with van der Waals surface area (Å²) >= 11 is 5.41. The zero-order chi connectivity index (χ0) is 12.8. The van der Waals surface area contributed by atoms with Gasteiger partial charge in [-0.05, 0) is 47.1 Å². The molecule has 0 spiro atoms. The molecule has 3 heteroatoms. The lowest BCUT2D eigenvalue weighted by atomic mass is 10.2. The summed E-state index contributed by atoms with van der Waals surface area (Å²) in [4.78, 5) is 1.33. The Morgan fingerprint density at radius 3 is 2.50 bits per heavy atom. The van der Waals surface area contributed by atoms with E-state index >= 15 is 0 Å². The van der Waals surface area contributed by atoms with Crippen LogP contribution in [0.1, 0.15) is 5.56 Å². The molecule has 0 aliphatic rings. The number of hydrogen-bond donors (Lipinski definition) is 1. The molecule has 0 bridgehead atoms. The number of hydrogen-bond acceptors (Lipinski definition) is 2. The van der Waals surface area contributed by atoms with Gasteiger partial charge in [0.1, 0.15) is 0 Å². The van der Waals surface area contributed by atoms with Crippen LogP contribution in [0.15, 0.2) is 57.9 Å². The summed E-state index contributed by atoms with van der Waals surface area (Å²) in [5.74, 6) is 1.06. The molecular formula is C15H16BrNS. The molecule has 0 aliphatic heterocycles. The first-order chi connectivity index (χ1) is 8.75. The van der Waals surface area contributed by atoms with Crippen molar-refractivity contribution in [1.82, 2.24) is 0 Å². The Balaban J connectivity index is 1.76. The highest BCUT2D eigenvalue weighted by Gasteiger charge is 1.97. The minimum Gasteiger partial charge on any atom is -0.383 e. The van der Waals surface area contributed by atoms with E-state index in [1.165, 1.54) is 10.5 Å². The second-order valence-electron chi connectivity index (χ2n) is 4.07. The molecule has 0 radical (unpaired) electrons. The van der Waals surface area contributed by atoms with Gasteiger partial charge in [0.15, 0.2) is 0 Å². The third-order valence-electron chi connectivity index (χ3n) is 2.58. The Bertz CT molecular complexity index is 496. The van der Waals surface area contributed by atoms with Gasteiger partial charge in [0, 0.05) is 27.4 Å². The van der Waals surface area contributed by atoms with Crippen LogP contribution in [0, 0.1) is 6.92 Å². The Labute approximate surface area is 121 Å². The highest BCUT2D eigenvalue weighted by atomic mass is 79.9. The Morgan fingerprint density at radius 1 is 1.06 bits per heavy atom. The summed E-state index contributed by atoms with van der Waals surface area (Å²) in [6, 6.07) is 16.9. The van der Waals surface area contributed by atoms with E-state index in [0.29, 0.717) is 0 Å². The quantitative estimate of drug-likeness (QED) is 0.617. The number of anilines is 1. The topological polar surface area (TPSA) is 12.0 Å². The van der Waals surface area contributed by atoms with Gasteiger partial charge in [0.2, 0.25) is 0 Å². The maximum absolute atomic E-state index is 3.53. The summed E-state index contributed by atoms with van der Waals surface area (Å²) < 4.78 is 1.12. The summed E-state index contributed by atoms with van der Waals surface area (Å²) in [6.07, 6.45) is 0. The van der Waals surface area contributed by atoms with Gasteiger partial charge in [-0.2, -0.15) is 0 Å². The molecule has 2 aromatic rings. The number of thioether (sulfide) groups is 1. The summed E-state index contributed by atoms with van der Waals surface area (Å²) in [6.45, 7) is 3.07. The number of nitrogens with one attached hydrogen (secondary N) is 1. The van der Waals surface area contributed by atoms with E-state index in [9.17, 15) is 0 Å². The van der Waals surface area contributed by atoms with Crippen molar-refractivity contribution in [3.05, 3.63) is 58.6 Å². The standard InChI is InChI=1S/C15H16BrNS/c1-12-6-8-13(9-7-12)18-11-10-17-15-5-3-2-4-14(15)16/h2-9,17H,10-11H2,1H3. The van der Waals surface area contributed by atoms with Crippen molar-refractivity contribution in [2.75, 3.05) is 17.6 Å². The SMILES string of the molecule is Cc1ccc(SCCNc2ccccc2Br)cc1. The van der Waals surface area contributed by atoms with Gasteiger partial charge in [0.25, 0.3) is 0 Å². The molecule has 0 saturated carbocycles. The molecule has 0 atom stereocenters. The number of rotatable bonds is 5. The van der Waals surface area contributed by atoms with Crippen LogP contribution >= 0.6 is 27.7 Å². The number of para-hydroxylation sites is 1. The second kappa shape index (κ2) is 6.86. The fourth-order valence-corrected chi connectivity index (χ4v) is 2.79. The van der Waals surface area contributed by atoms with Crippen LogP contribution in [0.3, 0.4) is 0 Å². The summed E-state index contributed by atoms with van der Waals surface area (Å²) in [5, 5.41) is 3.43. The van der Waals surface area contributed by atoms with Gasteiger partial charge in [-0.25, -0.2) is 0 Å². The van der Waals surface area contributed by atoms with Gasteiger partial charge in [0.05, 0.1) is 0 Å². The number of benzene rings is 2. The molecule has 1 nitrogen and oxygen atoms in total. The number of aryl methyl sites for hydroxylation is 1. The monoisotopic (exact) mass is 321 g/mol. The lowest BCUT2D eigenvalue weighted by molar-refractivity contribution is 1.22. The van der Waals surface area contributed by atoms with Crippen LogP contribution in [-0.4, -0.2) is 12.3 Å². The average Bonchev–Trinajstić information content (AvgIpc) is 2.39. The van der Waals surface area contributed by atoms with E-state index in [1.807, 2.05) is 23.9 Å². The van der Waals surface area contributed by atoms with Crippen molar-refractivity contribution in [1.29, 1.82) is 0 Å². The van der Waals surface area contributed by atoms with E-state index in [2.05, 4.69) is 64.6 Å². The molecule has 94 valence electrons.